The minimum absolute atomic E-state index is 0.256. The minimum Gasteiger partial charge on any atom is -0.378 e. The van der Waals surface area contributed by atoms with Crippen LogP contribution in [-0.4, -0.2) is 42.4 Å². The number of benzene rings is 1. The molecule has 126 valence electrons. The Hall–Kier alpha value is -2.47. The number of nitrogens with zero attached hydrogens (tertiary/aromatic N) is 3. The van der Waals surface area contributed by atoms with Crippen LogP contribution in [0.15, 0.2) is 36.4 Å². The van der Waals surface area contributed by atoms with Crippen molar-refractivity contribution in [1.29, 1.82) is 0 Å². The molecule has 1 aliphatic rings. The van der Waals surface area contributed by atoms with Gasteiger partial charge in [0, 0.05) is 18.8 Å². The van der Waals surface area contributed by atoms with E-state index >= 15 is 0 Å². The van der Waals surface area contributed by atoms with Crippen molar-refractivity contribution in [2.75, 3.05) is 36.5 Å². The van der Waals surface area contributed by atoms with Gasteiger partial charge in [0.15, 0.2) is 11.5 Å². The lowest BCUT2D eigenvalue weighted by Gasteiger charge is -2.27. The van der Waals surface area contributed by atoms with E-state index in [1.54, 1.807) is 6.07 Å². The molecule has 6 nitrogen and oxygen atoms in total. The van der Waals surface area contributed by atoms with Crippen LogP contribution in [0, 0.1) is 0 Å². The quantitative estimate of drug-likeness (QED) is 0.935. The maximum Gasteiger partial charge on any atom is 0.276 e. The number of hydrogen-bond acceptors (Lipinski definition) is 5. The highest BCUT2D eigenvalue weighted by atomic mass is 16.5. The molecule has 1 N–H and O–H groups in total. The highest BCUT2D eigenvalue weighted by molar-refractivity contribution is 6.02. The molecule has 3 rings (SSSR count). The summed E-state index contributed by atoms with van der Waals surface area (Å²) in [6.45, 7) is 7.25. The van der Waals surface area contributed by atoms with E-state index in [2.05, 4.69) is 34.3 Å². The molecule has 1 aromatic carbocycles. The third-order valence-corrected chi connectivity index (χ3v) is 4.05. The number of morpholine rings is 1. The smallest absolute Gasteiger partial charge is 0.276 e. The Kier molecular flexibility index (Phi) is 5.05. The number of carbonyl (C=O) groups is 1. The molecule has 24 heavy (non-hydrogen) atoms. The molecule has 0 radical (unpaired) electrons. The van der Waals surface area contributed by atoms with Crippen LogP contribution in [0.4, 0.5) is 11.5 Å². The van der Waals surface area contributed by atoms with Crippen molar-refractivity contribution < 1.29 is 9.53 Å². The fourth-order valence-electron chi connectivity index (χ4n) is 2.55. The summed E-state index contributed by atoms with van der Waals surface area (Å²) in [5, 5.41) is 11.1. The number of aromatic nitrogens is 2. The molecule has 2 heterocycles. The molecule has 6 heteroatoms. The van der Waals surface area contributed by atoms with Gasteiger partial charge in [0.2, 0.25) is 0 Å². The zero-order valence-corrected chi connectivity index (χ0v) is 14.0. The zero-order chi connectivity index (χ0) is 16.9. The highest BCUT2D eigenvalue weighted by Crippen LogP contribution is 2.18. The molecular weight excluding hydrogens is 304 g/mol. The first-order valence-corrected chi connectivity index (χ1v) is 8.21. The third-order valence-electron chi connectivity index (χ3n) is 4.05. The fraction of sp³-hybridized carbons (Fsp3) is 0.389. The molecule has 1 fully saturated rings. The Morgan fingerprint density at radius 1 is 1.08 bits per heavy atom. The summed E-state index contributed by atoms with van der Waals surface area (Å²) in [6, 6.07) is 11.4. The first kappa shape index (κ1) is 16.4. The number of anilines is 2. The molecule has 1 amide bonds. The lowest BCUT2D eigenvalue weighted by molar-refractivity contribution is 0.102. The summed E-state index contributed by atoms with van der Waals surface area (Å²) in [5.41, 5.74) is 2.30. The van der Waals surface area contributed by atoms with Crippen LogP contribution < -0.4 is 10.2 Å². The van der Waals surface area contributed by atoms with Crippen LogP contribution in [0.3, 0.4) is 0 Å². The van der Waals surface area contributed by atoms with Crippen LogP contribution >= 0.6 is 0 Å². The van der Waals surface area contributed by atoms with Crippen LogP contribution in [0.1, 0.15) is 35.8 Å². The molecule has 2 aromatic rings. The van der Waals surface area contributed by atoms with Gasteiger partial charge in [-0.25, -0.2) is 0 Å². The highest BCUT2D eigenvalue weighted by Gasteiger charge is 2.14. The van der Waals surface area contributed by atoms with E-state index in [9.17, 15) is 4.79 Å². The van der Waals surface area contributed by atoms with Gasteiger partial charge in [-0.2, -0.15) is 0 Å². The van der Waals surface area contributed by atoms with Crippen molar-refractivity contribution in [3.05, 3.63) is 47.7 Å². The number of nitrogens with one attached hydrogen (secondary N) is 1. The van der Waals surface area contributed by atoms with E-state index in [4.69, 9.17) is 4.74 Å². The first-order chi connectivity index (χ1) is 11.6. The van der Waals surface area contributed by atoms with Crippen LogP contribution in [0.25, 0.3) is 0 Å². The average Bonchev–Trinajstić information content (AvgIpc) is 2.63. The summed E-state index contributed by atoms with van der Waals surface area (Å²) in [5.74, 6) is 0.984. The van der Waals surface area contributed by atoms with Crippen molar-refractivity contribution in [1.82, 2.24) is 10.2 Å². The number of rotatable bonds is 4. The Bertz CT molecular complexity index is 677. The van der Waals surface area contributed by atoms with E-state index in [1.807, 2.05) is 30.3 Å². The van der Waals surface area contributed by atoms with Crippen LogP contribution in [-0.2, 0) is 4.74 Å². The molecular formula is C18H22N4O2. The summed E-state index contributed by atoms with van der Waals surface area (Å²) in [4.78, 5) is 14.4. The largest absolute Gasteiger partial charge is 0.378 e. The van der Waals surface area contributed by atoms with Crippen molar-refractivity contribution >= 4 is 17.4 Å². The maximum absolute atomic E-state index is 12.3. The predicted molar refractivity (Wildman–Crippen MR) is 93.5 cm³/mol. The Labute approximate surface area is 141 Å². The normalized spacial score (nSPS) is 14.7. The van der Waals surface area contributed by atoms with Gasteiger partial charge in [-0.3, -0.25) is 4.79 Å². The van der Waals surface area contributed by atoms with Gasteiger partial charge in [0.1, 0.15) is 0 Å². The molecule has 0 atom stereocenters. The zero-order valence-electron chi connectivity index (χ0n) is 14.0. The van der Waals surface area contributed by atoms with E-state index in [-0.39, 0.29) is 5.91 Å². The van der Waals surface area contributed by atoms with Crippen molar-refractivity contribution in [2.45, 2.75) is 19.8 Å². The lowest BCUT2D eigenvalue weighted by atomic mass is 10.0. The van der Waals surface area contributed by atoms with Crippen molar-refractivity contribution in [3.8, 4) is 0 Å². The van der Waals surface area contributed by atoms with E-state index < -0.39 is 0 Å². The number of amides is 1. The van der Waals surface area contributed by atoms with Crippen molar-refractivity contribution in [3.63, 3.8) is 0 Å². The van der Waals surface area contributed by atoms with E-state index in [1.165, 1.54) is 5.56 Å². The predicted octanol–water partition coefficient (Wildman–Crippen LogP) is 2.69. The monoisotopic (exact) mass is 326 g/mol. The lowest BCUT2D eigenvalue weighted by Crippen LogP contribution is -2.37. The summed E-state index contributed by atoms with van der Waals surface area (Å²) in [6.07, 6.45) is 0. The molecule has 1 aliphatic heterocycles. The molecule has 0 bridgehead atoms. The van der Waals surface area contributed by atoms with E-state index in [0.717, 1.165) is 24.6 Å². The SMILES string of the molecule is CC(C)c1ccc(NC(=O)c2ccc(N3CCOCC3)nn2)cc1. The van der Waals surface area contributed by atoms with Crippen LogP contribution in [0.5, 0.6) is 0 Å². The Morgan fingerprint density at radius 3 is 2.38 bits per heavy atom. The fourth-order valence-corrected chi connectivity index (χ4v) is 2.55. The van der Waals surface area contributed by atoms with Gasteiger partial charge in [-0.15, -0.1) is 10.2 Å². The van der Waals surface area contributed by atoms with Gasteiger partial charge in [0.05, 0.1) is 13.2 Å². The summed E-state index contributed by atoms with van der Waals surface area (Å²) in [7, 11) is 0. The topological polar surface area (TPSA) is 67.4 Å². The first-order valence-electron chi connectivity index (χ1n) is 8.21. The molecule has 0 unspecified atom stereocenters. The van der Waals surface area contributed by atoms with Crippen molar-refractivity contribution in [2.24, 2.45) is 0 Å². The maximum atomic E-state index is 12.3. The Balaban J connectivity index is 1.64. The molecule has 0 spiro atoms. The average molecular weight is 326 g/mol. The summed E-state index contributed by atoms with van der Waals surface area (Å²) >= 11 is 0. The number of ether oxygens (including phenoxy) is 1. The molecule has 0 aliphatic carbocycles. The van der Waals surface area contributed by atoms with E-state index in [0.29, 0.717) is 24.8 Å². The summed E-state index contributed by atoms with van der Waals surface area (Å²) < 4.78 is 5.32. The van der Waals surface area contributed by atoms with Gasteiger partial charge >= 0.3 is 0 Å². The molecule has 1 aromatic heterocycles. The van der Waals surface area contributed by atoms with Crippen LogP contribution in [0.2, 0.25) is 0 Å². The number of hydrogen-bond donors (Lipinski definition) is 1. The minimum atomic E-state index is -0.256. The van der Waals surface area contributed by atoms with Gasteiger partial charge in [0.25, 0.3) is 5.91 Å². The van der Waals surface area contributed by atoms with Gasteiger partial charge in [-0.05, 0) is 35.7 Å². The second-order valence-corrected chi connectivity index (χ2v) is 6.11. The third kappa shape index (κ3) is 3.89. The molecule has 1 saturated heterocycles. The standard InChI is InChI=1S/C18H22N4O2/c1-13(2)14-3-5-15(6-4-14)19-18(23)16-7-8-17(21-20-16)22-9-11-24-12-10-22/h3-8,13H,9-12H2,1-2H3,(H,19,23). The molecule has 0 saturated carbocycles. The van der Waals surface area contributed by atoms with Gasteiger partial charge in [-0.1, -0.05) is 26.0 Å². The second-order valence-electron chi connectivity index (χ2n) is 6.11. The second kappa shape index (κ2) is 7.40. The van der Waals surface area contributed by atoms with Gasteiger partial charge < -0.3 is 15.0 Å². The number of carbonyl (C=O) groups excluding carboxylic acids is 1. The Morgan fingerprint density at radius 2 is 1.79 bits per heavy atom.